The molecule has 0 fully saturated rings. The summed E-state index contributed by atoms with van der Waals surface area (Å²) in [6.07, 6.45) is 0.374. The number of benzene rings is 2. The van der Waals surface area contributed by atoms with Gasteiger partial charge in [0.05, 0.1) is 13.0 Å². The molecule has 3 nitrogen and oxygen atoms in total. The van der Waals surface area contributed by atoms with Gasteiger partial charge in [-0.2, -0.15) is 0 Å². The first-order valence-corrected chi connectivity index (χ1v) is 7.19. The molecule has 4 heteroatoms. The van der Waals surface area contributed by atoms with Crippen LogP contribution in [0.25, 0.3) is 0 Å². The quantitative estimate of drug-likeness (QED) is 0.818. The number of nitrogens with zero attached hydrogens (tertiary/aromatic N) is 1. The van der Waals surface area contributed by atoms with Crippen LogP contribution in [0.15, 0.2) is 54.6 Å². The number of ether oxygens (including phenoxy) is 1. The Bertz CT molecular complexity index is 569. The first kappa shape index (κ1) is 15.4. The third-order valence-corrected chi connectivity index (χ3v) is 3.38. The van der Waals surface area contributed by atoms with Crippen molar-refractivity contribution < 1.29 is 9.53 Å². The van der Waals surface area contributed by atoms with Crippen LogP contribution in [0.1, 0.15) is 5.56 Å². The lowest BCUT2D eigenvalue weighted by Crippen LogP contribution is -2.32. The number of amides is 1. The van der Waals surface area contributed by atoms with E-state index in [0.717, 1.165) is 11.3 Å². The van der Waals surface area contributed by atoms with E-state index in [0.29, 0.717) is 24.6 Å². The monoisotopic (exact) mass is 303 g/mol. The van der Waals surface area contributed by atoms with Gasteiger partial charge in [-0.15, -0.1) is 0 Å². The predicted molar refractivity (Wildman–Crippen MR) is 84.7 cm³/mol. The first-order valence-electron chi connectivity index (χ1n) is 6.81. The fourth-order valence-electron chi connectivity index (χ4n) is 1.85. The second kappa shape index (κ2) is 7.70. The summed E-state index contributed by atoms with van der Waals surface area (Å²) in [5, 5.41) is 0.677. The molecule has 0 aliphatic carbocycles. The van der Waals surface area contributed by atoms with Crippen LogP contribution in [-0.4, -0.2) is 31.0 Å². The van der Waals surface area contributed by atoms with Crippen molar-refractivity contribution in [3.8, 4) is 5.75 Å². The summed E-state index contributed by atoms with van der Waals surface area (Å²) in [5.74, 6) is 0.880. The highest BCUT2D eigenvalue weighted by Gasteiger charge is 2.09. The Morgan fingerprint density at radius 1 is 1.10 bits per heavy atom. The third kappa shape index (κ3) is 5.12. The minimum Gasteiger partial charge on any atom is -0.492 e. The van der Waals surface area contributed by atoms with Gasteiger partial charge in [0.15, 0.2) is 0 Å². The minimum atomic E-state index is 0.0639. The van der Waals surface area contributed by atoms with Gasteiger partial charge in [-0.3, -0.25) is 4.79 Å². The second-order valence-electron chi connectivity index (χ2n) is 4.78. The van der Waals surface area contributed by atoms with Gasteiger partial charge in [0.25, 0.3) is 0 Å². The number of para-hydroxylation sites is 1. The molecule has 0 unspecified atom stereocenters. The SMILES string of the molecule is CN(CCOc1ccccc1)C(=O)Cc1ccc(Cl)cc1. The molecule has 0 aliphatic rings. The molecule has 0 atom stereocenters. The Kier molecular flexibility index (Phi) is 5.64. The van der Waals surface area contributed by atoms with E-state index in [9.17, 15) is 4.79 Å². The highest BCUT2D eigenvalue weighted by atomic mass is 35.5. The highest BCUT2D eigenvalue weighted by Crippen LogP contribution is 2.11. The summed E-state index contributed by atoms with van der Waals surface area (Å²) in [6, 6.07) is 16.9. The largest absolute Gasteiger partial charge is 0.492 e. The van der Waals surface area contributed by atoms with Crippen LogP contribution >= 0.6 is 11.6 Å². The molecule has 110 valence electrons. The molecule has 0 bridgehead atoms. The van der Waals surface area contributed by atoms with Crippen molar-refractivity contribution in [3.63, 3.8) is 0 Å². The number of carbonyl (C=O) groups excluding carboxylic acids is 1. The van der Waals surface area contributed by atoms with Gasteiger partial charge in [0.1, 0.15) is 12.4 Å². The molecule has 0 spiro atoms. The number of halogens is 1. The lowest BCUT2D eigenvalue weighted by Gasteiger charge is -2.17. The van der Waals surface area contributed by atoms with Crippen LogP contribution in [0.2, 0.25) is 5.02 Å². The Morgan fingerprint density at radius 2 is 1.76 bits per heavy atom. The van der Waals surface area contributed by atoms with Crippen molar-refractivity contribution >= 4 is 17.5 Å². The van der Waals surface area contributed by atoms with E-state index in [1.807, 2.05) is 42.5 Å². The van der Waals surface area contributed by atoms with E-state index in [1.165, 1.54) is 0 Å². The Balaban J connectivity index is 1.76. The molecule has 2 rings (SSSR count). The smallest absolute Gasteiger partial charge is 0.226 e. The fraction of sp³-hybridized carbons (Fsp3) is 0.235. The third-order valence-electron chi connectivity index (χ3n) is 3.13. The van der Waals surface area contributed by atoms with Crippen LogP contribution < -0.4 is 4.74 Å². The lowest BCUT2D eigenvalue weighted by atomic mass is 10.1. The molecular formula is C17H18ClNO2. The van der Waals surface area contributed by atoms with E-state index in [1.54, 1.807) is 24.1 Å². The molecule has 0 heterocycles. The number of likely N-dealkylation sites (N-methyl/N-ethyl adjacent to an activating group) is 1. The van der Waals surface area contributed by atoms with E-state index in [4.69, 9.17) is 16.3 Å². The van der Waals surface area contributed by atoms with Crippen molar-refractivity contribution in [2.24, 2.45) is 0 Å². The summed E-state index contributed by atoms with van der Waals surface area (Å²) < 4.78 is 5.58. The molecule has 0 saturated heterocycles. The molecule has 0 aliphatic heterocycles. The molecule has 0 aromatic heterocycles. The lowest BCUT2D eigenvalue weighted by molar-refractivity contribution is -0.129. The van der Waals surface area contributed by atoms with Gasteiger partial charge in [-0.05, 0) is 29.8 Å². The normalized spacial score (nSPS) is 10.2. The molecule has 0 N–H and O–H groups in total. The number of hydrogen-bond donors (Lipinski definition) is 0. The molecule has 0 saturated carbocycles. The zero-order valence-corrected chi connectivity index (χ0v) is 12.7. The summed E-state index contributed by atoms with van der Waals surface area (Å²) >= 11 is 5.83. The highest BCUT2D eigenvalue weighted by molar-refractivity contribution is 6.30. The van der Waals surface area contributed by atoms with Crippen LogP contribution in [0, 0.1) is 0 Å². The molecule has 21 heavy (non-hydrogen) atoms. The average Bonchev–Trinajstić information content (AvgIpc) is 2.50. The standard InChI is InChI=1S/C17H18ClNO2/c1-19(11-12-21-16-5-3-2-4-6-16)17(20)13-14-7-9-15(18)10-8-14/h2-10H,11-13H2,1H3. The Morgan fingerprint density at radius 3 is 2.43 bits per heavy atom. The number of hydrogen-bond acceptors (Lipinski definition) is 2. The van der Waals surface area contributed by atoms with Gasteiger partial charge in [-0.1, -0.05) is 41.9 Å². The number of carbonyl (C=O) groups is 1. The van der Waals surface area contributed by atoms with Crippen molar-refractivity contribution in [1.29, 1.82) is 0 Å². The Hall–Kier alpha value is -2.00. The van der Waals surface area contributed by atoms with E-state index < -0.39 is 0 Å². The van der Waals surface area contributed by atoms with Crippen molar-refractivity contribution in [2.75, 3.05) is 20.2 Å². The Labute approximate surface area is 130 Å². The average molecular weight is 304 g/mol. The van der Waals surface area contributed by atoms with Gasteiger partial charge >= 0.3 is 0 Å². The minimum absolute atomic E-state index is 0.0639. The van der Waals surface area contributed by atoms with Crippen LogP contribution in [0.5, 0.6) is 5.75 Å². The maximum atomic E-state index is 12.1. The van der Waals surface area contributed by atoms with E-state index in [-0.39, 0.29) is 5.91 Å². The zero-order chi connectivity index (χ0) is 15.1. The first-order chi connectivity index (χ1) is 10.1. The maximum absolute atomic E-state index is 12.1. The molecule has 2 aromatic carbocycles. The summed E-state index contributed by atoms with van der Waals surface area (Å²) in [7, 11) is 1.78. The fourth-order valence-corrected chi connectivity index (χ4v) is 1.98. The molecule has 0 radical (unpaired) electrons. The van der Waals surface area contributed by atoms with Gasteiger partial charge < -0.3 is 9.64 Å². The van der Waals surface area contributed by atoms with Gasteiger partial charge in [0.2, 0.25) is 5.91 Å². The van der Waals surface area contributed by atoms with Crippen LogP contribution in [0.4, 0.5) is 0 Å². The molecule has 1 amide bonds. The summed E-state index contributed by atoms with van der Waals surface area (Å²) in [4.78, 5) is 13.8. The predicted octanol–water partition coefficient (Wildman–Crippen LogP) is 3.42. The van der Waals surface area contributed by atoms with Crippen molar-refractivity contribution in [2.45, 2.75) is 6.42 Å². The topological polar surface area (TPSA) is 29.5 Å². The second-order valence-corrected chi connectivity index (χ2v) is 5.22. The summed E-state index contributed by atoms with van der Waals surface area (Å²) in [5.41, 5.74) is 0.959. The van der Waals surface area contributed by atoms with Gasteiger partial charge in [0, 0.05) is 12.1 Å². The summed E-state index contributed by atoms with van der Waals surface area (Å²) in [6.45, 7) is 1.04. The van der Waals surface area contributed by atoms with E-state index >= 15 is 0 Å². The zero-order valence-electron chi connectivity index (χ0n) is 12.0. The van der Waals surface area contributed by atoms with Crippen LogP contribution in [-0.2, 0) is 11.2 Å². The van der Waals surface area contributed by atoms with Crippen molar-refractivity contribution in [3.05, 3.63) is 65.2 Å². The molecular weight excluding hydrogens is 286 g/mol. The van der Waals surface area contributed by atoms with Crippen molar-refractivity contribution in [1.82, 2.24) is 4.90 Å². The number of rotatable bonds is 6. The van der Waals surface area contributed by atoms with Crippen LogP contribution in [0.3, 0.4) is 0 Å². The maximum Gasteiger partial charge on any atom is 0.226 e. The van der Waals surface area contributed by atoms with E-state index in [2.05, 4.69) is 0 Å². The van der Waals surface area contributed by atoms with Gasteiger partial charge in [-0.25, -0.2) is 0 Å². The molecule has 2 aromatic rings.